The van der Waals surface area contributed by atoms with Gasteiger partial charge < -0.3 is 39.5 Å². The van der Waals surface area contributed by atoms with Gasteiger partial charge in [0.25, 0.3) is 0 Å². The summed E-state index contributed by atoms with van der Waals surface area (Å²) in [5, 5.41) is 41.1. The maximum Gasteiger partial charge on any atom is 2.00 e. The van der Waals surface area contributed by atoms with Crippen LogP contribution in [-0.2, 0) is 32.3 Å². The molecule has 0 radical (unpaired) electrons. The Balaban J connectivity index is 0.00000112. The molecule has 0 aliphatic rings. The van der Waals surface area contributed by atoms with Crippen molar-refractivity contribution in [3.63, 3.8) is 0 Å². The number of carboxylic acid groups (broad SMARTS) is 2. The second-order valence-corrected chi connectivity index (χ2v) is 16.4. The molecular weight excluding hydrogens is 866 g/mol. The molecule has 2 rings (SSSR count). The Morgan fingerprint density at radius 3 is 1.10 bits per heavy atom. The Hall–Kier alpha value is -1.21. The summed E-state index contributed by atoms with van der Waals surface area (Å²) in [5.74, 6) is -1.88. The van der Waals surface area contributed by atoms with E-state index in [1.807, 2.05) is 36.4 Å². The first-order valence-corrected chi connectivity index (χ1v) is 23.3. The number of aliphatic carboxylic acids is 2. The number of carboxylic acids is 2. The van der Waals surface area contributed by atoms with Crippen LogP contribution in [0.4, 0.5) is 0 Å². The van der Waals surface area contributed by atoms with Gasteiger partial charge in [-0.3, -0.25) is 0 Å². The van der Waals surface area contributed by atoms with Gasteiger partial charge in [-0.05, 0) is 88.2 Å². The maximum atomic E-state index is 10.4. The first kappa shape index (κ1) is 57.8. The van der Waals surface area contributed by atoms with Crippen molar-refractivity contribution in [1.29, 1.82) is 0 Å². The molecule has 0 aliphatic carbocycles. The number of benzene rings is 2. The number of aliphatic hydroxyl groups is 2. The molecule has 332 valence electrons. The second-order valence-electron chi connectivity index (χ2n) is 16.4. The monoisotopic (exact) mass is 949 g/mol. The van der Waals surface area contributed by atoms with E-state index in [4.69, 9.17) is 9.47 Å². The second kappa shape index (κ2) is 42.1. The van der Waals surface area contributed by atoms with Crippen LogP contribution in [-0.4, -0.2) is 95.4 Å². The molecule has 0 heterocycles. The maximum absolute atomic E-state index is 10.4. The molecule has 0 fully saturated rings. The average Bonchev–Trinajstić information content (AvgIpc) is 3.22. The minimum atomic E-state index is -0.939. The summed E-state index contributed by atoms with van der Waals surface area (Å²) >= 11 is 0. The van der Waals surface area contributed by atoms with E-state index in [0.717, 1.165) is 141 Å². The molecule has 0 aromatic heterocycles. The van der Waals surface area contributed by atoms with Gasteiger partial charge in [0, 0.05) is 11.9 Å². The Bertz CT molecular complexity index is 1110. The number of rotatable bonds is 38. The third-order valence-corrected chi connectivity index (χ3v) is 10.9. The fourth-order valence-electron chi connectivity index (χ4n) is 7.17. The number of hydrogen-bond donors (Lipinski definition) is 2. The number of aliphatic hydroxyl groups excluding tert-OH is 2. The van der Waals surface area contributed by atoms with Crippen LogP contribution in [0.2, 0.25) is 0 Å². The van der Waals surface area contributed by atoms with Gasteiger partial charge in [-0.15, -0.1) is 0 Å². The smallest absolute Gasteiger partial charge is 0.550 e. The summed E-state index contributed by atoms with van der Waals surface area (Å²) in [5.41, 5.74) is 2.39. The molecule has 4 unspecified atom stereocenters. The molecular formula is C50H82BaO8. The van der Waals surface area contributed by atoms with E-state index in [1.165, 1.54) is 36.8 Å². The van der Waals surface area contributed by atoms with E-state index in [-0.39, 0.29) is 86.1 Å². The molecule has 0 amide bonds. The van der Waals surface area contributed by atoms with E-state index >= 15 is 0 Å². The molecule has 9 heteroatoms. The first-order chi connectivity index (χ1) is 28.2. The Labute approximate surface area is 400 Å². The van der Waals surface area contributed by atoms with E-state index in [0.29, 0.717) is 13.2 Å². The summed E-state index contributed by atoms with van der Waals surface area (Å²) in [6, 6.07) is 20.5. The van der Waals surface area contributed by atoms with Crippen LogP contribution in [0.5, 0.6) is 0 Å². The van der Waals surface area contributed by atoms with Crippen molar-refractivity contribution in [2.24, 2.45) is 0 Å². The van der Waals surface area contributed by atoms with E-state index in [9.17, 15) is 30.0 Å². The summed E-state index contributed by atoms with van der Waals surface area (Å²) in [6.07, 6.45) is 27.1. The molecule has 8 nitrogen and oxygen atoms in total. The molecule has 2 aromatic carbocycles. The van der Waals surface area contributed by atoms with Crippen molar-refractivity contribution in [3.8, 4) is 0 Å². The van der Waals surface area contributed by atoms with Gasteiger partial charge in [-0.1, -0.05) is 177 Å². The predicted octanol–water partition coefficient (Wildman–Crippen LogP) is 9.95. The molecule has 2 aromatic rings. The Morgan fingerprint density at radius 1 is 0.458 bits per heavy atom. The van der Waals surface area contributed by atoms with Gasteiger partial charge in [0.2, 0.25) is 0 Å². The van der Waals surface area contributed by atoms with Crippen molar-refractivity contribution >= 4 is 60.8 Å². The van der Waals surface area contributed by atoms with Gasteiger partial charge in [0.05, 0.1) is 37.6 Å². The molecule has 2 N–H and O–H groups in total. The zero-order valence-corrected chi connectivity index (χ0v) is 41.8. The Morgan fingerprint density at radius 2 is 0.780 bits per heavy atom. The zero-order valence-electron chi connectivity index (χ0n) is 37.3. The summed E-state index contributed by atoms with van der Waals surface area (Å²) in [4.78, 5) is 20.8. The standard InChI is InChI=1S/2C25H42O4.Ba/c2*1-2-3-16-23(26)19-20-24(29-21-22-14-10-9-11-15-22)17-12-7-5-4-6-8-13-18-25(27)28;/h2*9-11,14-15,23-24,26H,2-8,12-13,16-21H2,1H3,(H,27,28);/q;;+2/p-2. The molecule has 59 heavy (non-hydrogen) atoms. The summed E-state index contributed by atoms with van der Waals surface area (Å²) in [7, 11) is 0. The average molecular weight is 949 g/mol. The minimum absolute atomic E-state index is 0. The number of ether oxygens (including phenoxy) is 2. The van der Waals surface area contributed by atoms with Gasteiger partial charge >= 0.3 is 48.9 Å². The zero-order chi connectivity index (χ0) is 42.3. The number of unbranched alkanes of at least 4 members (excludes halogenated alkanes) is 14. The van der Waals surface area contributed by atoms with Crippen LogP contribution < -0.4 is 10.2 Å². The van der Waals surface area contributed by atoms with Crippen molar-refractivity contribution in [2.45, 2.75) is 231 Å². The Kier molecular flexibility index (Phi) is 41.2. The van der Waals surface area contributed by atoms with Crippen LogP contribution in [0.3, 0.4) is 0 Å². The van der Waals surface area contributed by atoms with Gasteiger partial charge in [0.1, 0.15) is 0 Å². The van der Waals surface area contributed by atoms with E-state index in [2.05, 4.69) is 38.1 Å². The van der Waals surface area contributed by atoms with Crippen molar-refractivity contribution in [3.05, 3.63) is 71.8 Å². The molecule has 0 saturated heterocycles. The van der Waals surface area contributed by atoms with Gasteiger partial charge in [0.15, 0.2) is 0 Å². The molecule has 0 bridgehead atoms. The van der Waals surface area contributed by atoms with Crippen molar-refractivity contribution < 1.29 is 39.5 Å². The molecule has 0 spiro atoms. The third-order valence-electron chi connectivity index (χ3n) is 10.9. The van der Waals surface area contributed by atoms with Crippen LogP contribution in [0.25, 0.3) is 0 Å². The molecule has 0 saturated carbocycles. The van der Waals surface area contributed by atoms with E-state index in [1.54, 1.807) is 0 Å². The van der Waals surface area contributed by atoms with Crippen LogP contribution >= 0.6 is 0 Å². The largest absolute Gasteiger partial charge is 2.00 e. The quantitative estimate of drug-likeness (QED) is 0.0501. The SMILES string of the molecule is CCCCC(O)CCC(CCCCCCCCCC(=O)[O-])OCc1ccccc1.CCCCC(O)CCC(CCCCCCCCCC(=O)[O-])OCc1ccccc1.[Ba+2]. The minimum Gasteiger partial charge on any atom is -0.550 e. The van der Waals surface area contributed by atoms with Gasteiger partial charge in [-0.2, -0.15) is 0 Å². The predicted molar refractivity (Wildman–Crippen MR) is 238 cm³/mol. The summed E-state index contributed by atoms with van der Waals surface area (Å²) in [6.45, 7) is 5.58. The topological polar surface area (TPSA) is 139 Å². The normalized spacial score (nSPS) is 13.1. The first-order valence-electron chi connectivity index (χ1n) is 23.3. The molecule has 0 aliphatic heterocycles. The van der Waals surface area contributed by atoms with Crippen LogP contribution in [0.15, 0.2) is 60.7 Å². The summed E-state index contributed by atoms with van der Waals surface area (Å²) < 4.78 is 12.4. The fraction of sp³-hybridized carbons (Fsp3) is 0.720. The third kappa shape index (κ3) is 38.2. The van der Waals surface area contributed by atoms with Crippen molar-refractivity contribution in [1.82, 2.24) is 0 Å². The number of hydrogen-bond acceptors (Lipinski definition) is 8. The van der Waals surface area contributed by atoms with Crippen LogP contribution in [0, 0.1) is 0 Å². The molecule has 4 atom stereocenters. The number of carbonyl (C=O) groups is 2. The van der Waals surface area contributed by atoms with Crippen LogP contribution in [0.1, 0.15) is 205 Å². The fourth-order valence-corrected chi connectivity index (χ4v) is 7.17. The van der Waals surface area contributed by atoms with E-state index < -0.39 is 11.9 Å². The van der Waals surface area contributed by atoms with Gasteiger partial charge in [-0.25, -0.2) is 0 Å². The van der Waals surface area contributed by atoms with Crippen molar-refractivity contribution in [2.75, 3.05) is 0 Å². The number of carbonyl (C=O) groups excluding carboxylic acids is 2.